The van der Waals surface area contributed by atoms with Gasteiger partial charge in [0.25, 0.3) is 0 Å². The van der Waals surface area contributed by atoms with E-state index in [1.807, 2.05) is 54.8 Å². The third kappa shape index (κ3) is 5.21. The number of ether oxygens (including phenoxy) is 2. The number of hydrogen-bond acceptors (Lipinski definition) is 5. The normalized spacial score (nSPS) is 10.8. The third-order valence-corrected chi connectivity index (χ3v) is 5.08. The molecule has 1 aromatic heterocycles. The highest BCUT2D eigenvalue weighted by Gasteiger charge is 2.07. The van der Waals surface area contributed by atoms with Crippen molar-refractivity contribution in [3.8, 4) is 22.8 Å². The van der Waals surface area contributed by atoms with E-state index in [4.69, 9.17) is 9.47 Å². The minimum Gasteiger partial charge on any atom is -0.493 e. The Labute approximate surface area is 176 Å². The van der Waals surface area contributed by atoms with Gasteiger partial charge in [-0.25, -0.2) is 4.98 Å². The summed E-state index contributed by atoms with van der Waals surface area (Å²) >= 11 is 4.80. The van der Waals surface area contributed by atoms with Gasteiger partial charge < -0.3 is 9.47 Å². The van der Waals surface area contributed by atoms with E-state index in [-0.39, 0.29) is 5.91 Å². The minimum absolute atomic E-state index is 0.246. The molecule has 0 unspecified atom stereocenters. The second-order valence-electron chi connectivity index (χ2n) is 5.71. The molecule has 3 rings (SSSR count). The van der Waals surface area contributed by atoms with Crippen molar-refractivity contribution in [3.63, 3.8) is 0 Å². The summed E-state index contributed by atoms with van der Waals surface area (Å²) in [5, 5.41) is 5.26. The summed E-state index contributed by atoms with van der Waals surface area (Å²) in [5.41, 5.74) is 2.66. The highest BCUT2D eigenvalue weighted by molar-refractivity contribution is 9.10. The second-order valence-corrected chi connectivity index (χ2v) is 7.48. The lowest BCUT2D eigenvalue weighted by Gasteiger charge is -2.09. The summed E-state index contributed by atoms with van der Waals surface area (Å²) in [6.07, 6.45) is 3.19. The number of nitrogens with zero attached hydrogens (tertiary/aromatic N) is 1. The van der Waals surface area contributed by atoms with Crippen LogP contribution in [-0.2, 0) is 4.79 Å². The van der Waals surface area contributed by atoms with Crippen LogP contribution in [0.2, 0.25) is 0 Å². The lowest BCUT2D eigenvalue weighted by atomic mass is 10.2. The molecule has 7 heteroatoms. The molecule has 0 fully saturated rings. The van der Waals surface area contributed by atoms with Gasteiger partial charge in [0, 0.05) is 21.5 Å². The molecule has 0 bridgehead atoms. The van der Waals surface area contributed by atoms with Crippen LogP contribution in [0, 0.1) is 0 Å². The Kier molecular flexibility index (Phi) is 6.84. The van der Waals surface area contributed by atoms with Crippen LogP contribution in [0.15, 0.2) is 58.4 Å². The smallest absolute Gasteiger partial charge is 0.250 e. The first kappa shape index (κ1) is 20.1. The molecule has 1 amide bonds. The van der Waals surface area contributed by atoms with E-state index in [1.54, 1.807) is 13.2 Å². The van der Waals surface area contributed by atoms with Gasteiger partial charge in [-0.2, -0.15) is 0 Å². The van der Waals surface area contributed by atoms with Gasteiger partial charge in [-0.05, 0) is 42.8 Å². The molecule has 5 nitrogen and oxygen atoms in total. The minimum atomic E-state index is -0.246. The standard InChI is InChI=1S/C21H19BrN2O3S/c1-3-27-18-10-4-14(12-19(18)26-2)5-11-20(25)24-21-23-17(13-28-21)15-6-8-16(22)9-7-15/h4-13H,3H2,1-2H3,(H,23,24,25). The van der Waals surface area contributed by atoms with Crippen LogP contribution in [0.3, 0.4) is 0 Å². The molecule has 28 heavy (non-hydrogen) atoms. The number of anilines is 1. The van der Waals surface area contributed by atoms with E-state index >= 15 is 0 Å². The Bertz CT molecular complexity index is 984. The van der Waals surface area contributed by atoms with E-state index < -0.39 is 0 Å². The predicted octanol–water partition coefficient (Wildman–Crippen LogP) is 5.63. The molecule has 3 aromatic rings. The molecule has 0 aliphatic heterocycles. The van der Waals surface area contributed by atoms with Crippen molar-refractivity contribution in [2.24, 2.45) is 0 Å². The average molecular weight is 459 g/mol. The molecule has 2 aromatic carbocycles. The number of benzene rings is 2. The molecule has 144 valence electrons. The average Bonchev–Trinajstić information content (AvgIpc) is 3.16. The van der Waals surface area contributed by atoms with E-state index in [2.05, 4.69) is 26.2 Å². The van der Waals surface area contributed by atoms with Crippen LogP contribution in [-0.4, -0.2) is 24.6 Å². The maximum Gasteiger partial charge on any atom is 0.250 e. The number of thiazole rings is 1. The van der Waals surface area contributed by atoms with E-state index in [0.717, 1.165) is 21.3 Å². The Morgan fingerprint density at radius 2 is 2.00 bits per heavy atom. The van der Waals surface area contributed by atoms with Crippen LogP contribution in [0.1, 0.15) is 12.5 Å². The van der Waals surface area contributed by atoms with Gasteiger partial charge in [0.2, 0.25) is 5.91 Å². The van der Waals surface area contributed by atoms with Crippen LogP contribution < -0.4 is 14.8 Å². The quantitative estimate of drug-likeness (QED) is 0.465. The molecular weight excluding hydrogens is 440 g/mol. The molecule has 1 N–H and O–H groups in total. The molecule has 0 atom stereocenters. The Morgan fingerprint density at radius 1 is 1.21 bits per heavy atom. The first-order valence-electron chi connectivity index (χ1n) is 8.60. The van der Waals surface area contributed by atoms with Crippen molar-refractivity contribution in [3.05, 3.63) is 64.0 Å². The molecule has 0 spiro atoms. The number of nitrogens with one attached hydrogen (secondary N) is 1. The van der Waals surface area contributed by atoms with Crippen molar-refractivity contribution in [2.75, 3.05) is 19.0 Å². The summed E-state index contributed by atoms with van der Waals surface area (Å²) in [6.45, 7) is 2.47. The van der Waals surface area contributed by atoms with Gasteiger partial charge in [-0.15, -0.1) is 11.3 Å². The van der Waals surface area contributed by atoms with Gasteiger partial charge in [-0.3, -0.25) is 10.1 Å². The number of amides is 1. The fourth-order valence-electron chi connectivity index (χ4n) is 2.47. The lowest BCUT2D eigenvalue weighted by Crippen LogP contribution is -2.07. The lowest BCUT2D eigenvalue weighted by molar-refractivity contribution is -0.111. The Hall–Kier alpha value is -2.64. The Morgan fingerprint density at radius 3 is 2.71 bits per heavy atom. The first-order chi connectivity index (χ1) is 13.6. The van der Waals surface area contributed by atoms with E-state index in [9.17, 15) is 4.79 Å². The molecule has 0 saturated carbocycles. The van der Waals surface area contributed by atoms with Crippen LogP contribution >= 0.6 is 27.3 Å². The van der Waals surface area contributed by atoms with Crippen LogP contribution in [0.5, 0.6) is 11.5 Å². The topological polar surface area (TPSA) is 60.5 Å². The van der Waals surface area contributed by atoms with Crippen LogP contribution in [0.4, 0.5) is 5.13 Å². The zero-order valence-corrected chi connectivity index (χ0v) is 17.8. The van der Waals surface area contributed by atoms with Crippen molar-refractivity contribution < 1.29 is 14.3 Å². The molecule has 0 radical (unpaired) electrons. The largest absolute Gasteiger partial charge is 0.493 e. The van der Waals surface area contributed by atoms with Crippen LogP contribution in [0.25, 0.3) is 17.3 Å². The zero-order valence-electron chi connectivity index (χ0n) is 15.4. The number of aromatic nitrogens is 1. The molecule has 0 aliphatic rings. The number of hydrogen-bond donors (Lipinski definition) is 1. The number of methoxy groups -OCH3 is 1. The molecular formula is C21H19BrN2O3S. The number of carbonyl (C=O) groups is 1. The summed E-state index contributed by atoms with van der Waals surface area (Å²) in [5.74, 6) is 1.06. The zero-order chi connectivity index (χ0) is 19.9. The summed E-state index contributed by atoms with van der Waals surface area (Å²) in [7, 11) is 1.59. The summed E-state index contributed by atoms with van der Waals surface area (Å²) < 4.78 is 11.8. The van der Waals surface area contributed by atoms with E-state index in [1.165, 1.54) is 17.4 Å². The molecule has 0 aliphatic carbocycles. The van der Waals surface area contributed by atoms with Gasteiger partial charge in [0.1, 0.15) is 0 Å². The van der Waals surface area contributed by atoms with Crippen molar-refractivity contribution in [2.45, 2.75) is 6.92 Å². The van der Waals surface area contributed by atoms with Gasteiger partial charge >= 0.3 is 0 Å². The fraction of sp³-hybridized carbons (Fsp3) is 0.143. The number of carbonyl (C=O) groups excluding carboxylic acids is 1. The van der Waals surface area contributed by atoms with Crippen molar-refractivity contribution >= 4 is 44.4 Å². The van der Waals surface area contributed by atoms with Crippen molar-refractivity contribution in [1.82, 2.24) is 4.98 Å². The molecule has 0 saturated heterocycles. The maximum atomic E-state index is 12.2. The maximum absolute atomic E-state index is 12.2. The fourth-order valence-corrected chi connectivity index (χ4v) is 3.45. The Balaban J connectivity index is 1.65. The number of rotatable bonds is 7. The van der Waals surface area contributed by atoms with Crippen molar-refractivity contribution in [1.29, 1.82) is 0 Å². The second kappa shape index (κ2) is 9.52. The van der Waals surface area contributed by atoms with Gasteiger partial charge in [0.05, 0.1) is 19.4 Å². The third-order valence-electron chi connectivity index (χ3n) is 3.79. The first-order valence-corrected chi connectivity index (χ1v) is 10.3. The summed E-state index contributed by atoms with van der Waals surface area (Å²) in [6, 6.07) is 13.4. The summed E-state index contributed by atoms with van der Waals surface area (Å²) in [4.78, 5) is 16.7. The van der Waals surface area contributed by atoms with Gasteiger partial charge in [-0.1, -0.05) is 34.1 Å². The predicted molar refractivity (Wildman–Crippen MR) is 117 cm³/mol. The number of halogens is 1. The van der Waals surface area contributed by atoms with Gasteiger partial charge in [0.15, 0.2) is 16.6 Å². The molecule has 1 heterocycles. The highest BCUT2D eigenvalue weighted by atomic mass is 79.9. The highest BCUT2D eigenvalue weighted by Crippen LogP contribution is 2.29. The SMILES string of the molecule is CCOc1ccc(C=CC(=O)Nc2nc(-c3ccc(Br)cc3)cs2)cc1OC. The van der Waals surface area contributed by atoms with E-state index in [0.29, 0.717) is 23.2 Å². The monoisotopic (exact) mass is 458 g/mol.